The number of halogens is 2. The molecule has 21 heavy (non-hydrogen) atoms. The Kier molecular flexibility index (Phi) is 6.92. The fraction of sp³-hybridized carbons (Fsp3) is 0.533. The fourth-order valence-electron chi connectivity index (χ4n) is 2.53. The largest absolute Gasteiger partial charge is 0.330 e. The number of rotatable bonds is 3. The van der Waals surface area contributed by atoms with Crippen molar-refractivity contribution in [3.8, 4) is 0 Å². The molecule has 1 fully saturated rings. The molecule has 0 saturated carbocycles. The fourth-order valence-corrected chi connectivity index (χ4v) is 2.53. The van der Waals surface area contributed by atoms with E-state index in [0.29, 0.717) is 23.7 Å². The number of anilines is 1. The first-order chi connectivity index (χ1) is 9.60. The predicted molar refractivity (Wildman–Crippen MR) is 85.4 cm³/mol. The van der Waals surface area contributed by atoms with Gasteiger partial charge in [0, 0.05) is 18.8 Å². The molecular formula is C15H23ClFN3O. The Morgan fingerprint density at radius 2 is 2.10 bits per heavy atom. The van der Waals surface area contributed by atoms with Crippen molar-refractivity contribution < 1.29 is 9.18 Å². The molecule has 1 saturated heterocycles. The van der Waals surface area contributed by atoms with Crippen molar-refractivity contribution in [1.29, 1.82) is 0 Å². The van der Waals surface area contributed by atoms with Crippen molar-refractivity contribution in [3.63, 3.8) is 0 Å². The number of piperidine rings is 1. The number of carbonyl (C=O) groups is 1. The van der Waals surface area contributed by atoms with Gasteiger partial charge in [-0.25, -0.2) is 9.18 Å². The second-order valence-corrected chi connectivity index (χ2v) is 5.40. The van der Waals surface area contributed by atoms with Crippen molar-refractivity contribution in [2.45, 2.75) is 26.2 Å². The molecule has 0 spiro atoms. The lowest BCUT2D eigenvalue weighted by Gasteiger charge is -2.31. The Bertz CT molecular complexity index is 476. The minimum atomic E-state index is -0.301. The van der Waals surface area contributed by atoms with E-state index in [4.69, 9.17) is 5.73 Å². The van der Waals surface area contributed by atoms with E-state index in [1.165, 1.54) is 6.07 Å². The van der Waals surface area contributed by atoms with Crippen molar-refractivity contribution in [1.82, 2.24) is 4.90 Å². The number of hydrogen-bond acceptors (Lipinski definition) is 2. The molecule has 1 aromatic rings. The highest BCUT2D eigenvalue weighted by Crippen LogP contribution is 2.21. The van der Waals surface area contributed by atoms with Gasteiger partial charge in [0.15, 0.2) is 0 Å². The Morgan fingerprint density at radius 1 is 1.43 bits per heavy atom. The molecule has 2 amide bonds. The highest BCUT2D eigenvalue weighted by molar-refractivity contribution is 5.89. The van der Waals surface area contributed by atoms with Crippen molar-refractivity contribution in [3.05, 3.63) is 29.6 Å². The standard InChI is InChI=1S/C15H22FN3O.ClH/c1-11-2-3-13(10-14(11)16)18-15(20)19-8-5-12(4-7-17)6-9-19;/h2-3,10,12H,4-9,17H2,1H3,(H,18,20);1H. The number of likely N-dealkylation sites (tertiary alicyclic amines) is 1. The molecule has 2 rings (SSSR count). The van der Waals surface area contributed by atoms with Crippen LogP contribution in [0.3, 0.4) is 0 Å². The van der Waals surface area contributed by atoms with E-state index >= 15 is 0 Å². The van der Waals surface area contributed by atoms with Gasteiger partial charge in [0.05, 0.1) is 0 Å². The summed E-state index contributed by atoms with van der Waals surface area (Å²) < 4.78 is 13.4. The first-order valence-corrected chi connectivity index (χ1v) is 7.12. The van der Waals surface area contributed by atoms with Crippen LogP contribution in [0.1, 0.15) is 24.8 Å². The summed E-state index contributed by atoms with van der Waals surface area (Å²) in [5, 5.41) is 2.75. The number of hydrogen-bond donors (Lipinski definition) is 2. The van der Waals surface area contributed by atoms with Crippen LogP contribution < -0.4 is 11.1 Å². The quantitative estimate of drug-likeness (QED) is 0.900. The van der Waals surface area contributed by atoms with Crippen molar-refractivity contribution in [2.24, 2.45) is 11.7 Å². The third-order valence-electron chi connectivity index (χ3n) is 3.90. The molecule has 0 radical (unpaired) electrons. The molecule has 1 heterocycles. The lowest BCUT2D eigenvalue weighted by atomic mass is 9.94. The zero-order chi connectivity index (χ0) is 14.5. The Balaban J connectivity index is 0.00000220. The second kappa shape index (κ2) is 8.20. The minimum absolute atomic E-state index is 0. The van der Waals surface area contributed by atoms with Crippen molar-refractivity contribution in [2.75, 3.05) is 25.0 Å². The number of amides is 2. The Morgan fingerprint density at radius 3 is 2.67 bits per heavy atom. The van der Waals surface area contributed by atoms with Crippen LogP contribution in [0.25, 0.3) is 0 Å². The van der Waals surface area contributed by atoms with Crippen LogP contribution in [-0.2, 0) is 0 Å². The van der Waals surface area contributed by atoms with Gasteiger partial charge in [-0.1, -0.05) is 6.07 Å². The van der Waals surface area contributed by atoms with Gasteiger partial charge in [0.2, 0.25) is 0 Å². The molecule has 0 bridgehead atoms. The number of carbonyl (C=O) groups excluding carboxylic acids is 1. The maximum absolute atomic E-state index is 13.4. The number of nitrogens with two attached hydrogens (primary N) is 1. The zero-order valence-electron chi connectivity index (χ0n) is 12.3. The highest BCUT2D eigenvalue weighted by atomic mass is 35.5. The summed E-state index contributed by atoms with van der Waals surface area (Å²) in [4.78, 5) is 13.9. The van der Waals surface area contributed by atoms with Gasteiger partial charge < -0.3 is 16.0 Å². The van der Waals surface area contributed by atoms with Gasteiger partial charge in [-0.15, -0.1) is 12.4 Å². The Hall–Kier alpha value is -1.33. The van der Waals surface area contributed by atoms with E-state index in [2.05, 4.69) is 5.32 Å². The smallest absolute Gasteiger partial charge is 0.321 e. The summed E-state index contributed by atoms with van der Waals surface area (Å²) in [6.45, 7) is 3.89. The maximum Gasteiger partial charge on any atom is 0.321 e. The zero-order valence-corrected chi connectivity index (χ0v) is 13.1. The Labute approximate surface area is 131 Å². The van der Waals surface area contributed by atoms with Crippen LogP contribution in [0, 0.1) is 18.7 Å². The lowest BCUT2D eigenvalue weighted by Crippen LogP contribution is -2.41. The van der Waals surface area contributed by atoms with Crippen LogP contribution in [0.2, 0.25) is 0 Å². The summed E-state index contributed by atoms with van der Waals surface area (Å²) in [5.41, 5.74) is 6.63. The van der Waals surface area contributed by atoms with Gasteiger partial charge in [0.25, 0.3) is 0 Å². The van der Waals surface area contributed by atoms with Gasteiger partial charge in [-0.2, -0.15) is 0 Å². The third kappa shape index (κ3) is 4.86. The summed E-state index contributed by atoms with van der Waals surface area (Å²) in [6, 6.07) is 4.59. The number of nitrogens with one attached hydrogen (secondary N) is 1. The van der Waals surface area contributed by atoms with Gasteiger partial charge in [-0.05, 0) is 56.3 Å². The summed E-state index contributed by atoms with van der Waals surface area (Å²) >= 11 is 0. The number of urea groups is 1. The van der Waals surface area contributed by atoms with Crippen LogP contribution in [0.4, 0.5) is 14.9 Å². The molecule has 0 aliphatic carbocycles. The average molecular weight is 316 g/mol. The van der Waals surface area contributed by atoms with Crippen LogP contribution in [0.5, 0.6) is 0 Å². The molecule has 118 valence electrons. The predicted octanol–water partition coefficient (Wildman–Crippen LogP) is 3.15. The molecule has 1 aromatic carbocycles. The molecule has 0 atom stereocenters. The summed E-state index contributed by atoms with van der Waals surface area (Å²) in [5.74, 6) is 0.324. The highest BCUT2D eigenvalue weighted by Gasteiger charge is 2.22. The average Bonchev–Trinajstić information content (AvgIpc) is 2.44. The molecule has 1 aliphatic heterocycles. The van der Waals surface area contributed by atoms with Crippen molar-refractivity contribution >= 4 is 24.1 Å². The van der Waals surface area contributed by atoms with E-state index in [1.54, 1.807) is 24.0 Å². The lowest BCUT2D eigenvalue weighted by molar-refractivity contribution is 0.180. The molecule has 0 aromatic heterocycles. The van der Waals surface area contributed by atoms with Gasteiger partial charge in [-0.3, -0.25) is 0 Å². The van der Waals surface area contributed by atoms with E-state index < -0.39 is 0 Å². The van der Waals surface area contributed by atoms with Crippen LogP contribution >= 0.6 is 12.4 Å². The normalized spacial score (nSPS) is 15.5. The molecule has 0 unspecified atom stereocenters. The first kappa shape index (κ1) is 17.7. The topological polar surface area (TPSA) is 58.4 Å². The van der Waals surface area contributed by atoms with E-state index in [9.17, 15) is 9.18 Å². The SMILES string of the molecule is Cc1ccc(NC(=O)N2CCC(CCN)CC2)cc1F.Cl. The minimum Gasteiger partial charge on any atom is -0.330 e. The van der Waals surface area contributed by atoms with E-state index in [1.807, 2.05) is 0 Å². The molecule has 1 aliphatic rings. The summed E-state index contributed by atoms with van der Waals surface area (Å²) in [6.07, 6.45) is 3.01. The van der Waals surface area contributed by atoms with Gasteiger partial charge >= 0.3 is 6.03 Å². The molecular weight excluding hydrogens is 293 g/mol. The maximum atomic E-state index is 13.4. The van der Waals surface area contributed by atoms with Gasteiger partial charge in [0.1, 0.15) is 5.82 Å². The molecule has 4 nitrogen and oxygen atoms in total. The van der Waals surface area contributed by atoms with Crippen LogP contribution in [0.15, 0.2) is 18.2 Å². The number of aryl methyl sites for hydroxylation is 1. The second-order valence-electron chi connectivity index (χ2n) is 5.40. The monoisotopic (exact) mass is 315 g/mol. The van der Waals surface area contributed by atoms with E-state index in [-0.39, 0.29) is 24.3 Å². The number of benzene rings is 1. The van der Waals surface area contributed by atoms with Crippen LogP contribution in [-0.4, -0.2) is 30.6 Å². The first-order valence-electron chi connectivity index (χ1n) is 7.12. The summed E-state index contributed by atoms with van der Waals surface area (Å²) in [7, 11) is 0. The van der Waals surface area contributed by atoms with E-state index in [0.717, 1.165) is 32.4 Å². The molecule has 3 N–H and O–H groups in total. The number of nitrogens with zero attached hydrogens (tertiary/aromatic N) is 1. The third-order valence-corrected chi connectivity index (χ3v) is 3.90. The molecule has 6 heteroatoms.